The van der Waals surface area contributed by atoms with E-state index in [9.17, 15) is 4.79 Å². The van der Waals surface area contributed by atoms with Crippen LogP contribution in [-0.2, 0) is 7.05 Å². The lowest BCUT2D eigenvalue weighted by molar-refractivity contribution is 0.102. The minimum atomic E-state index is -0.185. The molecule has 1 amide bonds. The van der Waals surface area contributed by atoms with Crippen molar-refractivity contribution in [1.82, 2.24) is 14.5 Å². The summed E-state index contributed by atoms with van der Waals surface area (Å²) in [7, 11) is 1.88. The van der Waals surface area contributed by atoms with Gasteiger partial charge in [0.2, 0.25) is 5.95 Å². The monoisotopic (exact) mass is 380 g/mol. The summed E-state index contributed by atoms with van der Waals surface area (Å²) in [5.41, 5.74) is 3.18. The van der Waals surface area contributed by atoms with E-state index in [2.05, 4.69) is 31.2 Å². The van der Waals surface area contributed by atoms with Crippen molar-refractivity contribution >= 4 is 49.7 Å². The van der Waals surface area contributed by atoms with Crippen molar-refractivity contribution in [3.63, 3.8) is 0 Å². The number of fused-ring (bicyclic) bond motifs is 3. The summed E-state index contributed by atoms with van der Waals surface area (Å²) in [5, 5.41) is 3.82. The van der Waals surface area contributed by atoms with Gasteiger partial charge in [0, 0.05) is 28.7 Å². The quantitative estimate of drug-likeness (QED) is 0.568. The van der Waals surface area contributed by atoms with Gasteiger partial charge in [-0.3, -0.25) is 15.1 Å². The van der Waals surface area contributed by atoms with Gasteiger partial charge in [0.05, 0.1) is 11.0 Å². The molecule has 1 N–H and O–H groups in total. The molecule has 6 heteroatoms. The average Bonchev–Trinajstić information content (AvgIpc) is 2.92. The molecule has 2 aromatic heterocycles. The Labute approximate surface area is 146 Å². The van der Waals surface area contributed by atoms with Crippen LogP contribution in [-0.4, -0.2) is 20.4 Å². The second-order valence-corrected chi connectivity index (χ2v) is 6.29. The first-order valence-corrected chi connectivity index (χ1v) is 8.20. The van der Waals surface area contributed by atoms with Gasteiger partial charge in [-0.2, -0.15) is 0 Å². The minimum absolute atomic E-state index is 0.185. The predicted octanol–water partition coefficient (Wildman–Crippen LogP) is 4.14. The van der Waals surface area contributed by atoms with Crippen LogP contribution >= 0.6 is 15.9 Å². The van der Waals surface area contributed by atoms with Crippen molar-refractivity contribution < 1.29 is 4.79 Å². The van der Waals surface area contributed by atoms with Crippen molar-refractivity contribution in [2.75, 3.05) is 5.32 Å². The van der Waals surface area contributed by atoms with Crippen LogP contribution in [0, 0.1) is 0 Å². The normalized spacial score (nSPS) is 11.1. The summed E-state index contributed by atoms with van der Waals surface area (Å²) in [5.74, 6) is 0.317. The van der Waals surface area contributed by atoms with Crippen LogP contribution in [0.15, 0.2) is 59.2 Å². The van der Waals surface area contributed by atoms with E-state index in [-0.39, 0.29) is 5.91 Å². The molecule has 0 bridgehead atoms. The van der Waals surface area contributed by atoms with Gasteiger partial charge in [0.1, 0.15) is 5.52 Å². The lowest BCUT2D eigenvalue weighted by Gasteiger charge is -2.05. The largest absolute Gasteiger partial charge is 0.313 e. The van der Waals surface area contributed by atoms with E-state index in [0.29, 0.717) is 11.5 Å². The number of carbonyl (C=O) groups excluding carboxylic acids is 1. The Hall–Kier alpha value is -2.73. The fourth-order valence-electron chi connectivity index (χ4n) is 2.72. The van der Waals surface area contributed by atoms with Crippen LogP contribution in [0.4, 0.5) is 5.95 Å². The molecular weight excluding hydrogens is 368 g/mol. The third kappa shape index (κ3) is 2.35. The highest BCUT2D eigenvalue weighted by Gasteiger charge is 2.15. The lowest BCUT2D eigenvalue weighted by atomic mass is 10.2. The Bertz CT molecular complexity index is 1070. The van der Waals surface area contributed by atoms with Crippen LogP contribution in [0.3, 0.4) is 0 Å². The molecule has 0 spiro atoms. The molecule has 0 atom stereocenters. The van der Waals surface area contributed by atoms with E-state index in [0.717, 1.165) is 26.4 Å². The van der Waals surface area contributed by atoms with Crippen molar-refractivity contribution in [2.24, 2.45) is 7.05 Å². The number of aromatic nitrogens is 3. The SMILES string of the molecule is Cn1c(NC(=O)c2ccccc2)nc2c3cccnc3c(Br)cc21. The van der Waals surface area contributed by atoms with Crippen LogP contribution < -0.4 is 5.32 Å². The number of hydrogen-bond donors (Lipinski definition) is 1. The molecular formula is C18H13BrN4O. The number of anilines is 1. The molecule has 4 rings (SSSR count). The Kier molecular flexibility index (Phi) is 3.54. The topological polar surface area (TPSA) is 59.8 Å². The van der Waals surface area contributed by atoms with Crippen molar-refractivity contribution in [3.05, 3.63) is 64.8 Å². The summed E-state index contributed by atoms with van der Waals surface area (Å²) in [6.07, 6.45) is 1.75. The molecule has 0 aliphatic heterocycles. The van der Waals surface area contributed by atoms with Gasteiger partial charge >= 0.3 is 0 Å². The van der Waals surface area contributed by atoms with Crippen molar-refractivity contribution in [3.8, 4) is 0 Å². The number of nitrogens with zero attached hydrogens (tertiary/aromatic N) is 3. The maximum atomic E-state index is 12.4. The Morgan fingerprint density at radius 2 is 1.92 bits per heavy atom. The highest BCUT2D eigenvalue weighted by molar-refractivity contribution is 9.10. The van der Waals surface area contributed by atoms with Gasteiger partial charge in [0.15, 0.2) is 0 Å². The third-order valence-corrected chi connectivity index (χ3v) is 4.56. The number of nitrogens with one attached hydrogen (secondary N) is 1. The molecule has 5 nitrogen and oxygen atoms in total. The van der Waals surface area contributed by atoms with Crippen LogP contribution in [0.1, 0.15) is 10.4 Å². The molecule has 0 fully saturated rings. The summed E-state index contributed by atoms with van der Waals surface area (Å²) in [6.45, 7) is 0. The molecule has 0 saturated heterocycles. The number of rotatable bonds is 2. The first kappa shape index (κ1) is 14.8. The van der Waals surface area contributed by atoms with E-state index in [1.807, 2.05) is 48.0 Å². The molecule has 0 radical (unpaired) electrons. The highest BCUT2D eigenvalue weighted by Crippen LogP contribution is 2.31. The standard InChI is InChI=1S/C18H13BrN4O/c1-23-14-10-13(19)15-12(8-5-9-20-15)16(14)21-18(23)22-17(24)11-6-3-2-4-7-11/h2-10H,1H3,(H,21,22,24). The number of amides is 1. The number of pyridine rings is 1. The molecule has 2 heterocycles. The molecule has 2 aromatic carbocycles. The molecule has 0 aliphatic rings. The first-order valence-electron chi connectivity index (χ1n) is 7.41. The van der Waals surface area contributed by atoms with Crippen LogP contribution in [0.5, 0.6) is 0 Å². The molecule has 0 unspecified atom stereocenters. The number of benzene rings is 2. The van der Waals surface area contributed by atoms with Gasteiger partial charge in [-0.15, -0.1) is 0 Å². The smallest absolute Gasteiger partial charge is 0.257 e. The maximum absolute atomic E-state index is 12.4. The Morgan fingerprint density at radius 1 is 1.12 bits per heavy atom. The molecule has 0 aliphatic carbocycles. The Morgan fingerprint density at radius 3 is 2.71 bits per heavy atom. The van der Waals surface area contributed by atoms with E-state index in [1.165, 1.54) is 0 Å². The van der Waals surface area contributed by atoms with Crippen molar-refractivity contribution in [2.45, 2.75) is 0 Å². The zero-order valence-corrected chi connectivity index (χ0v) is 14.4. The number of halogens is 1. The van der Waals surface area contributed by atoms with E-state index in [4.69, 9.17) is 0 Å². The molecule has 118 valence electrons. The number of aryl methyl sites for hydroxylation is 1. The average molecular weight is 381 g/mol. The summed E-state index contributed by atoms with van der Waals surface area (Å²) >= 11 is 3.56. The van der Waals surface area contributed by atoms with Gasteiger partial charge in [-0.25, -0.2) is 4.98 Å². The summed E-state index contributed by atoms with van der Waals surface area (Å²) in [6, 6.07) is 14.9. The van der Waals surface area contributed by atoms with Crippen molar-refractivity contribution in [1.29, 1.82) is 0 Å². The van der Waals surface area contributed by atoms with Gasteiger partial charge in [-0.1, -0.05) is 18.2 Å². The van der Waals surface area contributed by atoms with Gasteiger partial charge in [-0.05, 0) is 46.3 Å². The number of hydrogen-bond acceptors (Lipinski definition) is 3. The third-order valence-electron chi connectivity index (χ3n) is 3.95. The summed E-state index contributed by atoms with van der Waals surface area (Å²) < 4.78 is 2.77. The number of imidazole rings is 1. The summed E-state index contributed by atoms with van der Waals surface area (Å²) in [4.78, 5) is 21.4. The van der Waals surface area contributed by atoms with Gasteiger partial charge in [0.25, 0.3) is 5.91 Å². The molecule has 4 aromatic rings. The van der Waals surface area contributed by atoms with E-state index in [1.54, 1.807) is 18.3 Å². The van der Waals surface area contributed by atoms with E-state index < -0.39 is 0 Å². The molecule has 24 heavy (non-hydrogen) atoms. The molecule has 0 saturated carbocycles. The Balaban J connectivity index is 1.84. The van der Waals surface area contributed by atoms with Gasteiger partial charge < -0.3 is 4.57 Å². The second-order valence-electron chi connectivity index (χ2n) is 5.44. The van der Waals surface area contributed by atoms with Crippen LogP contribution in [0.25, 0.3) is 21.9 Å². The fourth-order valence-corrected chi connectivity index (χ4v) is 3.26. The van der Waals surface area contributed by atoms with E-state index >= 15 is 0 Å². The maximum Gasteiger partial charge on any atom is 0.257 e. The zero-order valence-electron chi connectivity index (χ0n) is 12.8. The predicted molar refractivity (Wildman–Crippen MR) is 98.1 cm³/mol. The fraction of sp³-hybridized carbons (Fsp3) is 0.0556. The number of carbonyl (C=O) groups is 1. The minimum Gasteiger partial charge on any atom is -0.313 e. The first-order chi connectivity index (χ1) is 11.6. The van der Waals surface area contributed by atoms with Crippen LogP contribution in [0.2, 0.25) is 0 Å². The second kappa shape index (κ2) is 5.72. The lowest BCUT2D eigenvalue weighted by Crippen LogP contribution is -2.14. The highest BCUT2D eigenvalue weighted by atomic mass is 79.9. The zero-order chi connectivity index (χ0) is 16.7.